The zero-order valence-corrected chi connectivity index (χ0v) is 14.2. The van der Waals surface area contributed by atoms with Gasteiger partial charge in [0, 0.05) is 18.1 Å². The molecule has 0 aliphatic carbocycles. The molecular weight excluding hydrogens is 324 g/mol. The molecule has 3 aromatic rings. The summed E-state index contributed by atoms with van der Waals surface area (Å²) >= 11 is 0. The lowest BCUT2D eigenvalue weighted by molar-refractivity contribution is 0.0434. The second-order valence-corrected chi connectivity index (χ2v) is 5.47. The maximum atomic E-state index is 12.3. The fraction of sp³-hybridized carbons (Fsp3) is 0.278. The quantitative estimate of drug-likeness (QED) is 0.663. The lowest BCUT2D eigenvalue weighted by atomic mass is 10.1. The molecule has 0 fully saturated rings. The van der Waals surface area contributed by atoms with E-state index in [4.69, 9.17) is 13.9 Å². The van der Waals surface area contributed by atoms with Crippen LogP contribution in [0.2, 0.25) is 0 Å². The number of hydrogen-bond acceptors (Lipinski definition) is 6. The number of carbonyl (C=O) groups is 2. The van der Waals surface area contributed by atoms with E-state index in [1.54, 1.807) is 43.8 Å². The minimum absolute atomic E-state index is 0.0544. The largest absolute Gasteiger partial charge is 0.460 e. The number of aryl methyl sites for hydroxylation is 1. The van der Waals surface area contributed by atoms with Crippen molar-refractivity contribution in [1.82, 2.24) is 9.78 Å². The van der Waals surface area contributed by atoms with Gasteiger partial charge in [-0.1, -0.05) is 18.2 Å². The van der Waals surface area contributed by atoms with Crippen LogP contribution in [0.1, 0.15) is 39.1 Å². The van der Waals surface area contributed by atoms with E-state index in [9.17, 15) is 9.59 Å². The van der Waals surface area contributed by atoms with Crippen LogP contribution in [0.15, 0.2) is 34.9 Å². The molecule has 0 bridgehead atoms. The minimum Gasteiger partial charge on any atom is -0.460 e. The smallest absolute Gasteiger partial charge is 0.374 e. The molecule has 2 aromatic heterocycles. The number of esters is 2. The number of nitrogens with zero attached hydrogens (tertiary/aromatic N) is 2. The van der Waals surface area contributed by atoms with Gasteiger partial charge in [-0.05, 0) is 19.9 Å². The van der Waals surface area contributed by atoms with Crippen LogP contribution in [0.3, 0.4) is 0 Å². The van der Waals surface area contributed by atoms with Gasteiger partial charge >= 0.3 is 11.9 Å². The van der Waals surface area contributed by atoms with Crippen LogP contribution in [0, 0.1) is 6.92 Å². The Labute approximate surface area is 144 Å². The summed E-state index contributed by atoms with van der Waals surface area (Å²) in [5, 5.41) is 4.73. The van der Waals surface area contributed by atoms with Crippen molar-refractivity contribution in [3.63, 3.8) is 0 Å². The Morgan fingerprint density at radius 1 is 1.20 bits per heavy atom. The van der Waals surface area contributed by atoms with E-state index in [-0.39, 0.29) is 19.0 Å². The zero-order valence-electron chi connectivity index (χ0n) is 14.2. The summed E-state index contributed by atoms with van der Waals surface area (Å²) in [4.78, 5) is 24.4. The van der Waals surface area contributed by atoms with Crippen LogP contribution in [0.25, 0.3) is 11.0 Å². The summed E-state index contributed by atoms with van der Waals surface area (Å²) in [5.41, 5.74) is 2.11. The maximum absolute atomic E-state index is 12.3. The number of furan rings is 1. The summed E-state index contributed by atoms with van der Waals surface area (Å²) < 4.78 is 17.6. The van der Waals surface area contributed by atoms with Gasteiger partial charge in [-0.2, -0.15) is 5.10 Å². The number of hydrogen-bond donors (Lipinski definition) is 0. The molecule has 1 aromatic carbocycles. The average Bonchev–Trinajstić information content (AvgIpc) is 3.14. The fourth-order valence-electron chi connectivity index (χ4n) is 2.52. The minimum atomic E-state index is -0.581. The van der Waals surface area contributed by atoms with Crippen LogP contribution < -0.4 is 0 Å². The molecular formula is C18H18N2O5. The van der Waals surface area contributed by atoms with Gasteiger partial charge in [0.15, 0.2) is 0 Å². The molecule has 0 unspecified atom stereocenters. The Kier molecular flexibility index (Phi) is 4.56. The molecule has 0 aliphatic rings. The molecule has 0 saturated heterocycles. The van der Waals surface area contributed by atoms with Gasteiger partial charge in [-0.15, -0.1) is 0 Å². The Hall–Kier alpha value is -3.09. The fourth-order valence-corrected chi connectivity index (χ4v) is 2.52. The molecule has 130 valence electrons. The highest BCUT2D eigenvalue weighted by Crippen LogP contribution is 2.27. The number of para-hydroxylation sites is 1. The van der Waals surface area contributed by atoms with Crippen LogP contribution in [0.5, 0.6) is 0 Å². The standard InChI is InChI=1S/C18H18N2O5/c1-4-23-18(22)16-14(12-7-5-6-8-15(12)25-16)10-24-17(21)13-9-19-20(3)11(13)2/h5-9H,4,10H2,1-3H3. The molecule has 0 N–H and O–H groups in total. The molecule has 7 heteroatoms. The lowest BCUT2D eigenvalue weighted by Crippen LogP contribution is -2.10. The van der Waals surface area contributed by atoms with Crippen molar-refractivity contribution >= 4 is 22.9 Å². The Bertz CT molecular complexity index is 938. The summed E-state index contributed by atoms with van der Waals surface area (Å²) in [6.45, 7) is 3.62. The van der Waals surface area contributed by atoms with E-state index in [1.807, 2.05) is 6.07 Å². The van der Waals surface area contributed by atoms with Gasteiger partial charge in [0.05, 0.1) is 18.4 Å². The highest BCUT2D eigenvalue weighted by molar-refractivity contribution is 5.96. The first kappa shape index (κ1) is 16.8. The first-order valence-corrected chi connectivity index (χ1v) is 7.86. The van der Waals surface area contributed by atoms with Crippen LogP contribution in [-0.4, -0.2) is 28.3 Å². The topological polar surface area (TPSA) is 83.6 Å². The monoisotopic (exact) mass is 342 g/mol. The molecule has 3 rings (SSSR count). The number of ether oxygens (including phenoxy) is 2. The third-order valence-electron chi connectivity index (χ3n) is 3.96. The Morgan fingerprint density at radius 2 is 1.96 bits per heavy atom. The molecule has 0 aliphatic heterocycles. The van der Waals surface area contributed by atoms with Gasteiger partial charge in [-0.3, -0.25) is 4.68 Å². The number of fused-ring (bicyclic) bond motifs is 1. The van der Waals surface area contributed by atoms with E-state index in [0.717, 1.165) is 0 Å². The van der Waals surface area contributed by atoms with E-state index in [2.05, 4.69) is 5.10 Å². The van der Waals surface area contributed by atoms with Gasteiger partial charge in [0.25, 0.3) is 0 Å². The summed E-state index contributed by atoms with van der Waals surface area (Å²) in [5.74, 6) is -1.04. The Morgan fingerprint density at radius 3 is 2.64 bits per heavy atom. The molecule has 0 atom stereocenters. The number of benzene rings is 1. The van der Waals surface area contributed by atoms with Crippen molar-refractivity contribution in [2.24, 2.45) is 7.05 Å². The number of aromatic nitrogens is 2. The van der Waals surface area contributed by atoms with E-state index in [0.29, 0.717) is 27.8 Å². The van der Waals surface area contributed by atoms with E-state index >= 15 is 0 Å². The molecule has 2 heterocycles. The van der Waals surface area contributed by atoms with Gasteiger partial charge in [-0.25, -0.2) is 9.59 Å². The predicted octanol–water partition coefficient (Wildman–Crippen LogP) is 3.01. The van der Waals surface area contributed by atoms with Crippen molar-refractivity contribution in [3.05, 3.63) is 53.0 Å². The highest BCUT2D eigenvalue weighted by atomic mass is 16.5. The van der Waals surface area contributed by atoms with Gasteiger partial charge < -0.3 is 13.9 Å². The normalized spacial score (nSPS) is 10.8. The number of carbonyl (C=O) groups excluding carboxylic acids is 2. The van der Waals surface area contributed by atoms with Crippen molar-refractivity contribution < 1.29 is 23.5 Å². The van der Waals surface area contributed by atoms with Crippen LogP contribution in [-0.2, 0) is 23.1 Å². The van der Waals surface area contributed by atoms with Crippen molar-refractivity contribution in [3.8, 4) is 0 Å². The first-order valence-electron chi connectivity index (χ1n) is 7.86. The Balaban J connectivity index is 1.89. The average molecular weight is 342 g/mol. The summed E-state index contributed by atoms with van der Waals surface area (Å²) in [6, 6.07) is 7.17. The van der Waals surface area contributed by atoms with Crippen molar-refractivity contribution in [2.75, 3.05) is 6.61 Å². The molecule has 0 radical (unpaired) electrons. The van der Waals surface area contributed by atoms with Crippen LogP contribution >= 0.6 is 0 Å². The molecule has 0 saturated carbocycles. The summed E-state index contributed by atoms with van der Waals surface area (Å²) in [7, 11) is 1.74. The first-order chi connectivity index (χ1) is 12.0. The third-order valence-corrected chi connectivity index (χ3v) is 3.96. The second-order valence-electron chi connectivity index (χ2n) is 5.47. The van der Waals surface area contributed by atoms with E-state index in [1.165, 1.54) is 6.20 Å². The third kappa shape index (κ3) is 3.13. The van der Waals surface area contributed by atoms with Gasteiger partial charge in [0.1, 0.15) is 17.8 Å². The summed E-state index contributed by atoms with van der Waals surface area (Å²) in [6.07, 6.45) is 1.46. The van der Waals surface area contributed by atoms with Crippen molar-refractivity contribution in [2.45, 2.75) is 20.5 Å². The molecule has 0 amide bonds. The SMILES string of the molecule is CCOC(=O)c1oc2ccccc2c1COC(=O)c1cnn(C)c1C. The van der Waals surface area contributed by atoms with Gasteiger partial charge in [0.2, 0.25) is 5.76 Å². The zero-order chi connectivity index (χ0) is 18.0. The van der Waals surface area contributed by atoms with Crippen LogP contribution in [0.4, 0.5) is 0 Å². The highest BCUT2D eigenvalue weighted by Gasteiger charge is 2.23. The molecule has 25 heavy (non-hydrogen) atoms. The predicted molar refractivity (Wildman–Crippen MR) is 89.2 cm³/mol. The van der Waals surface area contributed by atoms with E-state index < -0.39 is 11.9 Å². The number of rotatable bonds is 5. The molecule has 0 spiro atoms. The second kappa shape index (κ2) is 6.80. The van der Waals surface area contributed by atoms with Crippen molar-refractivity contribution in [1.29, 1.82) is 0 Å². The lowest BCUT2D eigenvalue weighted by Gasteiger charge is -2.05. The molecule has 7 nitrogen and oxygen atoms in total. The maximum Gasteiger partial charge on any atom is 0.374 e.